The van der Waals surface area contributed by atoms with Crippen LogP contribution in [-0.4, -0.2) is 6.04 Å². The van der Waals surface area contributed by atoms with Crippen LogP contribution in [0.25, 0.3) is 6.08 Å². The van der Waals surface area contributed by atoms with Crippen LogP contribution in [0.2, 0.25) is 0 Å². The SMILES string of the molecule is CC(N)C=Cc1ccc(Br)cc1. The second kappa shape index (κ2) is 4.43. The predicted octanol–water partition coefficient (Wildman–Crippen LogP) is 2.81. The Morgan fingerprint density at radius 1 is 1.33 bits per heavy atom. The van der Waals surface area contributed by atoms with Crippen LogP contribution in [0.3, 0.4) is 0 Å². The molecule has 1 rings (SSSR count). The van der Waals surface area contributed by atoms with Crippen molar-refractivity contribution >= 4 is 22.0 Å². The fraction of sp³-hybridized carbons (Fsp3) is 0.200. The highest BCUT2D eigenvalue weighted by atomic mass is 79.9. The lowest BCUT2D eigenvalue weighted by molar-refractivity contribution is 0.931. The maximum Gasteiger partial charge on any atom is 0.0198 e. The van der Waals surface area contributed by atoms with E-state index >= 15 is 0 Å². The monoisotopic (exact) mass is 225 g/mol. The van der Waals surface area contributed by atoms with E-state index in [1.165, 1.54) is 5.56 Å². The van der Waals surface area contributed by atoms with Crippen LogP contribution in [0.4, 0.5) is 0 Å². The molecule has 0 amide bonds. The minimum atomic E-state index is 0.119. The molecule has 0 saturated carbocycles. The number of rotatable bonds is 2. The van der Waals surface area contributed by atoms with Gasteiger partial charge in [-0.2, -0.15) is 0 Å². The molecular weight excluding hydrogens is 214 g/mol. The van der Waals surface area contributed by atoms with Gasteiger partial charge in [-0.25, -0.2) is 0 Å². The number of halogens is 1. The van der Waals surface area contributed by atoms with E-state index in [0.717, 1.165) is 4.47 Å². The first kappa shape index (κ1) is 9.49. The van der Waals surface area contributed by atoms with Crippen molar-refractivity contribution in [3.05, 3.63) is 40.4 Å². The van der Waals surface area contributed by atoms with E-state index in [-0.39, 0.29) is 6.04 Å². The van der Waals surface area contributed by atoms with Crippen LogP contribution in [0.15, 0.2) is 34.8 Å². The zero-order valence-electron chi connectivity index (χ0n) is 7.00. The molecule has 0 bridgehead atoms. The lowest BCUT2D eigenvalue weighted by Gasteiger charge is -1.96. The summed E-state index contributed by atoms with van der Waals surface area (Å²) in [6.07, 6.45) is 4.00. The highest BCUT2D eigenvalue weighted by Crippen LogP contribution is 2.11. The number of benzene rings is 1. The van der Waals surface area contributed by atoms with Crippen molar-refractivity contribution in [2.45, 2.75) is 13.0 Å². The summed E-state index contributed by atoms with van der Waals surface area (Å²) in [5.41, 5.74) is 6.75. The Bertz CT molecular complexity index is 262. The smallest absolute Gasteiger partial charge is 0.0198 e. The molecule has 1 aromatic carbocycles. The van der Waals surface area contributed by atoms with Gasteiger partial charge in [0, 0.05) is 10.5 Å². The third kappa shape index (κ3) is 3.20. The van der Waals surface area contributed by atoms with E-state index in [1.807, 2.05) is 43.3 Å². The molecule has 0 radical (unpaired) electrons. The maximum atomic E-state index is 5.57. The van der Waals surface area contributed by atoms with Crippen LogP contribution in [0.1, 0.15) is 12.5 Å². The van der Waals surface area contributed by atoms with E-state index in [2.05, 4.69) is 15.9 Å². The van der Waals surface area contributed by atoms with Gasteiger partial charge in [-0.15, -0.1) is 0 Å². The first-order valence-corrected chi connectivity index (χ1v) is 4.67. The number of hydrogen-bond donors (Lipinski definition) is 1. The van der Waals surface area contributed by atoms with E-state index in [9.17, 15) is 0 Å². The first-order valence-electron chi connectivity index (χ1n) is 3.88. The summed E-state index contributed by atoms with van der Waals surface area (Å²) in [6.45, 7) is 1.95. The molecule has 1 atom stereocenters. The zero-order valence-corrected chi connectivity index (χ0v) is 8.58. The van der Waals surface area contributed by atoms with Gasteiger partial charge in [0.15, 0.2) is 0 Å². The van der Waals surface area contributed by atoms with Gasteiger partial charge < -0.3 is 5.73 Å². The van der Waals surface area contributed by atoms with Crippen LogP contribution in [-0.2, 0) is 0 Å². The fourth-order valence-corrected chi connectivity index (χ4v) is 1.10. The van der Waals surface area contributed by atoms with Crippen molar-refractivity contribution in [2.75, 3.05) is 0 Å². The van der Waals surface area contributed by atoms with Gasteiger partial charge >= 0.3 is 0 Å². The molecule has 0 aliphatic rings. The van der Waals surface area contributed by atoms with Crippen LogP contribution >= 0.6 is 15.9 Å². The second-order valence-corrected chi connectivity index (χ2v) is 3.69. The molecule has 0 heterocycles. The Morgan fingerprint density at radius 3 is 2.42 bits per heavy atom. The van der Waals surface area contributed by atoms with Crippen molar-refractivity contribution in [1.29, 1.82) is 0 Å². The van der Waals surface area contributed by atoms with Crippen molar-refractivity contribution in [1.82, 2.24) is 0 Å². The van der Waals surface area contributed by atoms with E-state index in [0.29, 0.717) is 0 Å². The van der Waals surface area contributed by atoms with Gasteiger partial charge in [0.1, 0.15) is 0 Å². The molecule has 12 heavy (non-hydrogen) atoms. The molecule has 0 spiro atoms. The first-order chi connectivity index (χ1) is 5.68. The Morgan fingerprint density at radius 2 is 1.92 bits per heavy atom. The molecule has 0 aromatic heterocycles. The standard InChI is InChI=1S/C10H12BrN/c1-8(12)2-3-9-4-6-10(11)7-5-9/h2-8H,12H2,1H3. The molecule has 1 unspecified atom stereocenters. The summed E-state index contributed by atoms with van der Waals surface area (Å²) in [5, 5.41) is 0. The van der Waals surface area contributed by atoms with Gasteiger partial charge in [-0.3, -0.25) is 0 Å². The summed E-state index contributed by atoms with van der Waals surface area (Å²) in [7, 11) is 0. The van der Waals surface area contributed by atoms with Crippen molar-refractivity contribution in [3.8, 4) is 0 Å². The average Bonchev–Trinajstić information content (AvgIpc) is 2.03. The van der Waals surface area contributed by atoms with Gasteiger partial charge in [-0.05, 0) is 24.6 Å². The van der Waals surface area contributed by atoms with Crippen molar-refractivity contribution < 1.29 is 0 Å². The zero-order chi connectivity index (χ0) is 8.97. The predicted molar refractivity (Wildman–Crippen MR) is 56.8 cm³/mol. The molecule has 0 saturated heterocycles. The summed E-state index contributed by atoms with van der Waals surface area (Å²) >= 11 is 3.38. The summed E-state index contributed by atoms with van der Waals surface area (Å²) < 4.78 is 1.10. The van der Waals surface area contributed by atoms with Crippen LogP contribution in [0, 0.1) is 0 Å². The fourth-order valence-electron chi connectivity index (χ4n) is 0.837. The van der Waals surface area contributed by atoms with E-state index in [1.54, 1.807) is 0 Å². The van der Waals surface area contributed by atoms with Crippen molar-refractivity contribution in [2.24, 2.45) is 5.73 Å². The molecule has 1 aromatic rings. The number of hydrogen-bond acceptors (Lipinski definition) is 1. The van der Waals surface area contributed by atoms with Crippen LogP contribution in [0.5, 0.6) is 0 Å². The highest BCUT2D eigenvalue weighted by Gasteiger charge is 1.88. The maximum absolute atomic E-state index is 5.57. The quantitative estimate of drug-likeness (QED) is 0.824. The van der Waals surface area contributed by atoms with Crippen molar-refractivity contribution in [3.63, 3.8) is 0 Å². The topological polar surface area (TPSA) is 26.0 Å². The van der Waals surface area contributed by atoms with E-state index in [4.69, 9.17) is 5.73 Å². The molecule has 2 heteroatoms. The lowest BCUT2D eigenvalue weighted by atomic mass is 10.2. The van der Waals surface area contributed by atoms with E-state index < -0.39 is 0 Å². The summed E-state index contributed by atoms with van der Waals surface area (Å²) in [4.78, 5) is 0. The van der Waals surface area contributed by atoms with Gasteiger partial charge in [0.25, 0.3) is 0 Å². The van der Waals surface area contributed by atoms with Gasteiger partial charge in [-0.1, -0.05) is 40.2 Å². The molecule has 64 valence electrons. The largest absolute Gasteiger partial charge is 0.325 e. The van der Waals surface area contributed by atoms with Gasteiger partial charge in [0.05, 0.1) is 0 Å². The highest BCUT2D eigenvalue weighted by molar-refractivity contribution is 9.10. The third-order valence-corrected chi connectivity index (χ3v) is 1.99. The molecule has 0 aliphatic heterocycles. The Hall–Kier alpha value is -0.600. The average molecular weight is 226 g/mol. The van der Waals surface area contributed by atoms with Gasteiger partial charge in [0.2, 0.25) is 0 Å². The molecule has 0 aliphatic carbocycles. The Labute approximate surface area is 81.4 Å². The molecule has 2 N–H and O–H groups in total. The minimum Gasteiger partial charge on any atom is -0.325 e. The summed E-state index contributed by atoms with van der Waals surface area (Å²) in [6, 6.07) is 8.24. The third-order valence-electron chi connectivity index (χ3n) is 1.46. The van der Waals surface area contributed by atoms with Crippen LogP contribution < -0.4 is 5.73 Å². The Balaban J connectivity index is 2.71. The molecular formula is C10H12BrN. The lowest BCUT2D eigenvalue weighted by Crippen LogP contribution is -2.09. The molecule has 0 fully saturated rings. The minimum absolute atomic E-state index is 0.119. The second-order valence-electron chi connectivity index (χ2n) is 2.77. The molecule has 1 nitrogen and oxygen atoms in total. The Kier molecular flexibility index (Phi) is 3.50. The summed E-state index contributed by atoms with van der Waals surface area (Å²) in [5.74, 6) is 0. The normalized spacial score (nSPS) is 13.6. The number of nitrogens with two attached hydrogens (primary N) is 1.